The number of nitrogens with zero attached hydrogens (tertiary/aromatic N) is 2. The lowest BCUT2D eigenvalue weighted by atomic mass is 9.75. The summed E-state index contributed by atoms with van der Waals surface area (Å²) in [7, 11) is 0. The van der Waals surface area contributed by atoms with E-state index in [9.17, 15) is 32.7 Å². The predicted molar refractivity (Wildman–Crippen MR) is 99.1 cm³/mol. The fourth-order valence-electron chi connectivity index (χ4n) is 4.48. The molecule has 1 aromatic carbocycles. The van der Waals surface area contributed by atoms with Crippen molar-refractivity contribution in [2.24, 2.45) is 0 Å². The smallest absolute Gasteiger partial charge is 0.391 e. The Morgan fingerprint density at radius 3 is 2.57 bits per heavy atom. The van der Waals surface area contributed by atoms with Gasteiger partial charge in [0.05, 0.1) is 17.1 Å². The van der Waals surface area contributed by atoms with Crippen LogP contribution in [0.2, 0.25) is 0 Å². The molecule has 1 aromatic rings. The van der Waals surface area contributed by atoms with Gasteiger partial charge in [-0.1, -0.05) is 18.2 Å². The molecular weight excluding hydrogens is 401 g/mol. The molecule has 2 heterocycles. The average molecular weight is 424 g/mol. The number of piperidine rings is 1. The number of β-amino-alcohol motifs (C(OH)–C–C–N with tert-alkyl or cyclic N) is 1. The van der Waals surface area contributed by atoms with Crippen LogP contribution in [0.4, 0.5) is 13.2 Å². The monoisotopic (exact) mass is 424 g/mol. The van der Waals surface area contributed by atoms with Crippen LogP contribution in [0.15, 0.2) is 24.3 Å². The molecule has 3 aliphatic rings. The molecule has 2 atom stereocenters. The van der Waals surface area contributed by atoms with Gasteiger partial charge in [0, 0.05) is 32.0 Å². The molecule has 9 heteroatoms. The van der Waals surface area contributed by atoms with Crippen LogP contribution in [0.1, 0.15) is 49.7 Å². The van der Waals surface area contributed by atoms with Crippen molar-refractivity contribution in [1.29, 1.82) is 0 Å². The molecule has 1 saturated carbocycles. The highest BCUT2D eigenvalue weighted by atomic mass is 19.4. The number of imide groups is 1. The van der Waals surface area contributed by atoms with Crippen molar-refractivity contribution in [3.63, 3.8) is 0 Å². The van der Waals surface area contributed by atoms with Crippen molar-refractivity contribution < 1.29 is 32.7 Å². The number of amides is 3. The summed E-state index contributed by atoms with van der Waals surface area (Å²) in [5, 5.41) is 9.87. The molecule has 1 N–H and O–H groups in total. The van der Waals surface area contributed by atoms with E-state index < -0.39 is 47.4 Å². The first kappa shape index (κ1) is 20.8. The van der Waals surface area contributed by atoms with E-state index in [0.717, 1.165) is 17.0 Å². The summed E-state index contributed by atoms with van der Waals surface area (Å²) in [5.41, 5.74) is -2.55. The SMILES string of the molecule is O=C(C[C@]1(c2cccc(C(F)(F)F)c2)CC(=O)N(C2CC2)C1=O)N1CCC[C@H](O)C1. The minimum atomic E-state index is -4.61. The van der Waals surface area contributed by atoms with E-state index in [1.54, 1.807) is 0 Å². The second-order valence-electron chi connectivity index (χ2n) is 8.45. The highest BCUT2D eigenvalue weighted by Gasteiger charge is 2.57. The molecule has 2 aliphatic heterocycles. The summed E-state index contributed by atoms with van der Waals surface area (Å²) in [5.74, 6) is -1.49. The maximum Gasteiger partial charge on any atom is 0.416 e. The zero-order valence-corrected chi connectivity index (χ0v) is 16.3. The largest absolute Gasteiger partial charge is 0.416 e. The summed E-state index contributed by atoms with van der Waals surface area (Å²) in [6, 6.07) is 4.13. The first-order valence-electron chi connectivity index (χ1n) is 10.1. The second kappa shape index (κ2) is 7.37. The quantitative estimate of drug-likeness (QED) is 0.752. The highest BCUT2D eigenvalue weighted by molar-refractivity contribution is 6.11. The van der Waals surface area contributed by atoms with Crippen molar-refractivity contribution in [3.05, 3.63) is 35.4 Å². The van der Waals surface area contributed by atoms with Gasteiger partial charge in [0.25, 0.3) is 0 Å². The Bertz CT molecular complexity index is 883. The zero-order valence-electron chi connectivity index (χ0n) is 16.3. The molecule has 3 fully saturated rings. The Morgan fingerprint density at radius 2 is 1.93 bits per heavy atom. The van der Waals surface area contributed by atoms with E-state index in [4.69, 9.17) is 0 Å². The molecule has 0 bridgehead atoms. The number of alkyl halides is 3. The molecule has 4 rings (SSSR count). The van der Waals surface area contributed by atoms with Crippen LogP contribution in [0, 0.1) is 0 Å². The Labute approximate surface area is 171 Å². The van der Waals surface area contributed by atoms with Gasteiger partial charge in [0.1, 0.15) is 0 Å². The number of halogens is 3. The Kier molecular flexibility index (Phi) is 5.12. The van der Waals surface area contributed by atoms with Crippen LogP contribution in [-0.4, -0.2) is 57.9 Å². The van der Waals surface area contributed by atoms with Crippen molar-refractivity contribution >= 4 is 17.7 Å². The van der Waals surface area contributed by atoms with Crippen molar-refractivity contribution in [3.8, 4) is 0 Å². The minimum Gasteiger partial charge on any atom is -0.391 e. The standard InChI is InChI=1S/C21H23F3N2O4/c22-21(23,24)14-4-1-3-13(9-14)20(10-17(28)25-8-2-5-16(27)12-25)11-18(29)26(19(20)30)15-6-7-15/h1,3-4,9,15-16,27H,2,5-8,10-12H2/t16-,20+/m0/s1. The van der Waals surface area contributed by atoms with Gasteiger partial charge in [0.15, 0.2) is 0 Å². The van der Waals surface area contributed by atoms with Crippen LogP contribution in [0.5, 0.6) is 0 Å². The number of aliphatic hydroxyl groups excluding tert-OH is 1. The normalized spacial score (nSPS) is 27.7. The molecule has 2 saturated heterocycles. The van der Waals surface area contributed by atoms with Gasteiger partial charge >= 0.3 is 6.18 Å². The molecule has 0 radical (unpaired) electrons. The number of aliphatic hydroxyl groups is 1. The molecule has 30 heavy (non-hydrogen) atoms. The third kappa shape index (κ3) is 3.71. The number of benzene rings is 1. The first-order chi connectivity index (χ1) is 14.1. The van der Waals surface area contributed by atoms with Crippen molar-refractivity contribution in [1.82, 2.24) is 9.80 Å². The topological polar surface area (TPSA) is 77.9 Å². The zero-order chi connectivity index (χ0) is 21.7. The number of carbonyl (C=O) groups excluding carboxylic acids is 3. The Morgan fingerprint density at radius 1 is 1.20 bits per heavy atom. The third-order valence-electron chi connectivity index (χ3n) is 6.21. The van der Waals surface area contributed by atoms with E-state index in [0.29, 0.717) is 32.2 Å². The highest BCUT2D eigenvalue weighted by Crippen LogP contribution is 2.45. The van der Waals surface area contributed by atoms with Crippen molar-refractivity contribution in [2.75, 3.05) is 13.1 Å². The van der Waals surface area contributed by atoms with E-state index in [-0.39, 0.29) is 24.6 Å². The van der Waals surface area contributed by atoms with Crippen molar-refractivity contribution in [2.45, 2.75) is 62.3 Å². The number of carbonyl (C=O) groups is 3. The minimum absolute atomic E-state index is 0.0322. The van der Waals surface area contributed by atoms with Crippen LogP contribution < -0.4 is 0 Å². The summed E-state index contributed by atoms with van der Waals surface area (Å²) < 4.78 is 39.9. The van der Waals surface area contributed by atoms with Gasteiger partial charge in [-0.15, -0.1) is 0 Å². The van der Waals surface area contributed by atoms with Gasteiger partial charge < -0.3 is 10.0 Å². The summed E-state index contributed by atoms with van der Waals surface area (Å²) in [4.78, 5) is 41.6. The van der Waals surface area contributed by atoms with Crippen LogP contribution in [0.3, 0.4) is 0 Å². The number of likely N-dealkylation sites (tertiary alicyclic amines) is 2. The maximum absolute atomic E-state index is 13.4. The van der Waals surface area contributed by atoms with Gasteiger partial charge in [0.2, 0.25) is 17.7 Å². The van der Waals surface area contributed by atoms with Crippen LogP contribution in [0.25, 0.3) is 0 Å². The fraction of sp³-hybridized carbons (Fsp3) is 0.571. The van der Waals surface area contributed by atoms with E-state index >= 15 is 0 Å². The number of hydrogen-bond acceptors (Lipinski definition) is 4. The molecule has 0 spiro atoms. The van der Waals surface area contributed by atoms with Crippen LogP contribution in [-0.2, 0) is 26.0 Å². The summed E-state index contributed by atoms with van der Waals surface area (Å²) >= 11 is 0. The third-order valence-corrected chi connectivity index (χ3v) is 6.21. The lowest BCUT2D eigenvalue weighted by molar-refractivity contribution is -0.144. The van der Waals surface area contributed by atoms with Gasteiger partial charge in [-0.3, -0.25) is 19.3 Å². The second-order valence-corrected chi connectivity index (χ2v) is 8.45. The van der Waals surface area contributed by atoms with E-state index in [1.165, 1.54) is 17.0 Å². The van der Waals surface area contributed by atoms with Gasteiger partial charge in [-0.25, -0.2) is 0 Å². The molecule has 3 amide bonds. The predicted octanol–water partition coefficient (Wildman–Crippen LogP) is 2.24. The fourth-order valence-corrected chi connectivity index (χ4v) is 4.48. The molecule has 0 unspecified atom stereocenters. The van der Waals surface area contributed by atoms with Gasteiger partial charge in [-0.2, -0.15) is 13.2 Å². The Balaban J connectivity index is 1.72. The maximum atomic E-state index is 13.4. The summed E-state index contributed by atoms with van der Waals surface area (Å²) in [6.07, 6.45) is -3.50. The number of rotatable bonds is 4. The number of hydrogen-bond donors (Lipinski definition) is 1. The molecule has 0 aromatic heterocycles. The molecular formula is C21H23F3N2O4. The van der Waals surface area contributed by atoms with E-state index in [1.807, 2.05) is 0 Å². The molecule has 1 aliphatic carbocycles. The first-order valence-corrected chi connectivity index (χ1v) is 10.1. The molecule has 162 valence electrons. The Hall–Kier alpha value is -2.42. The van der Waals surface area contributed by atoms with Crippen LogP contribution >= 0.6 is 0 Å². The average Bonchev–Trinajstić information content (AvgIpc) is 3.48. The summed E-state index contributed by atoms with van der Waals surface area (Å²) in [6.45, 7) is 0.523. The molecule has 6 nitrogen and oxygen atoms in total. The van der Waals surface area contributed by atoms with Gasteiger partial charge in [-0.05, 0) is 37.3 Å². The lowest BCUT2D eigenvalue weighted by Crippen LogP contribution is -2.47. The van der Waals surface area contributed by atoms with E-state index in [2.05, 4.69) is 0 Å². The lowest BCUT2D eigenvalue weighted by Gasteiger charge is -2.34.